The molecule has 0 aromatic heterocycles. The van der Waals surface area contributed by atoms with Gasteiger partial charge in [0, 0.05) is 19.3 Å². The number of carbonyl (C=O) groups is 3. The van der Waals surface area contributed by atoms with Gasteiger partial charge in [0.15, 0.2) is 6.10 Å². The molecule has 0 heterocycles. The van der Waals surface area contributed by atoms with Crippen molar-refractivity contribution in [3.63, 3.8) is 0 Å². The molecule has 0 aliphatic rings. The molecule has 0 bridgehead atoms. The minimum absolute atomic E-state index is 0.0838. The Balaban J connectivity index is 4.30. The Bertz CT molecular complexity index is 1580. The number of hydrogen-bond donors (Lipinski definition) is 0. The topological polar surface area (TPSA) is 78.9 Å². The van der Waals surface area contributed by atoms with Gasteiger partial charge in [-0.05, 0) is 116 Å². The normalized spacial score (nSPS) is 12.7. The first-order valence-electron chi connectivity index (χ1n) is 34.7. The van der Waals surface area contributed by atoms with Crippen molar-refractivity contribution >= 4 is 17.9 Å². The van der Waals surface area contributed by atoms with Crippen LogP contribution < -0.4 is 0 Å². The van der Waals surface area contributed by atoms with Crippen molar-refractivity contribution < 1.29 is 28.6 Å². The Kier molecular flexibility index (Phi) is 65.7. The largest absolute Gasteiger partial charge is 0.462 e. The fourth-order valence-corrected chi connectivity index (χ4v) is 9.86. The molecule has 81 heavy (non-hydrogen) atoms. The summed E-state index contributed by atoms with van der Waals surface area (Å²) >= 11 is 0. The number of rotatable bonds is 63. The average molecular weight is 1130 g/mol. The molecule has 0 N–H and O–H groups in total. The second-order valence-electron chi connectivity index (χ2n) is 23.1. The molecule has 0 radical (unpaired) electrons. The molecular formula is C75H130O6. The SMILES string of the molecule is CC/C=C\C/C=C\C/C=C\C/C=C\C/C=C\CCCCCCCCCCCC(=O)OCC(COC(=O)CCCCCCC/C=C\C/C=C\CCC)OC(=O)CCCCCCCCCCCCCCC/C=C\CCCCCCCCCC. The van der Waals surface area contributed by atoms with Crippen LogP contribution >= 0.6 is 0 Å². The van der Waals surface area contributed by atoms with Gasteiger partial charge in [0.2, 0.25) is 0 Å². The second kappa shape index (κ2) is 68.8. The third kappa shape index (κ3) is 67.0. The maximum atomic E-state index is 13.0. The smallest absolute Gasteiger partial charge is 0.306 e. The highest BCUT2D eigenvalue weighted by atomic mass is 16.6. The Morgan fingerprint density at radius 3 is 0.815 bits per heavy atom. The lowest BCUT2D eigenvalue weighted by molar-refractivity contribution is -0.167. The number of hydrogen-bond acceptors (Lipinski definition) is 6. The Labute approximate surface area is 502 Å². The number of carbonyl (C=O) groups excluding carboxylic acids is 3. The van der Waals surface area contributed by atoms with Crippen LogP contribution in [0, 0.1) is 0 Å². The summed E-state index contributed by atoms with van der Waals surface area (Å²) in [5, 5.41) is 0. The third-order valence-electron chi connectivity index (χ3n) is 15.0. The van der Waals surface area contributed by atoms with Crippen molar-refractivity contribution in [3.05, 3.63) is 97.2 Å². The van der Waals surface area contributed by atoms with Crippen molar-refractivity contribution in [3.8, 4) is 0 Å². The van der Waals surface area contributed by atoms with E-state index in [-0.39, 0.29) is 31.1 Å². The van der Waals surface area contributed by atoms with Gasteiger partial charge in [-0.2, -0.15) is 0 Å². The van der Waals surface area contributed by atoms with Crippen LogP contribution in [0.1, 0.15) is 342 Å². The van der Waals surface area contributed by atoms with E-state index < -0.39 is 6.10 Å². The quantitative estimate of drug-likeness (QED) is 0.0261. The van der Waals surface area contributed by atoms with E-state index in [1.54, 1.807) is 0 Å². The Hall–Kier alpha value is -3.67. The maximum absolute atomic E-state index is 13.0. The van der Waals surface area contributed by atoms with Crippen LogP contribution in [-0.4, -0.2) is 37.2 Å². The fraction of sp³-hybridized carbons (Fsp3) is 0.747. The highest BCUT2D eigenvalue weighted by Gasteiger charge is 2.19. The van der Waals surface area contributed by atoms with E-state index >= 15 is 0 Å². The molecule has 6 nitrogen and oxygen atoms in total. The summed E-state index contributed by atoms with van der Waals surface area (Å²) in [5.41, 5.74) is 0. The lowest BCUT2D eigenvalue weighted by Gasteiger charge is -2.18. The summed E-state index contributed by atoms with van der Waals surface area (Å²) in [7, 11) is 0. The monoisotopic (exact) mass is 1130 g/mol. The number of esters is 3. The zero-order chi connectivity index (χ0) is 58.5. The van der Waals surface area contributed by atoms with Gasteiger partial charge in [0.05, 0.1) is 0 Å². The summed E-state index contributed by atoms with van der Waals surface area (Å²) < 4.78 is 17.0. The molecule has 0 saturated heterocycles. The van der Waals surface area contributed by atoms with Crippen molar-refractivity contribution in [1.29, 1.82) is 0 Å². The van der Waals surface area contributed by atoms with Gasteiger partial charge in [0.1, 0.15) is 13.2 Å². The molecule has 0 aliphatic heterocycles. The molecule has 0 spiro atoms. The first-order valence-corrected chi connectivity index (χ1v) is 34.7. The van der Waals surface area contributed by atoms with E-state index in [1.165, 1.54) is 173 Å². The van der Waals surface area contributed by atoms with Crippen LogP contribution in [0.2, 0.25) is 0 Å². The van der Waals surface area contributed by atoms with Gasteiger partial charge in [-0.15, -0.1) is 0 Å². The molecule has 0 aliphatic carbocycles. The minimum Gasteiger partial charge on any atom is -0.462 e. The summed E-state index contributed by atoms with van der Waals surface area (Å²) in [6.07, 6.45) is 92.9. The first-order chi connectivity index (χ1) is 40.0. The zero-order valence-corrected chi connectivity index (χ0v) is 53.5. The van der Waals surface area contributed by atoms with Crippen LogP contribution in [0.15, 0.2) is 97.2 Å². The second-order valence-corrected chi connectivity index (χ2v) is 23.1. The molecule has 0 aromatic carbocycles. The maximum Gasteiger partial charge on any atom is 0.306 e. The molecule has 0 saturated carbocycles. The standard InChI is InChI=1S/C75H130O6/c1-4-7-10-13-16-19-22-25-27-29-31-33-35-37-39-41-43-45-47-50-53-56-59-62-65-68-74(77)80-71-72(70-79-73(76)67-64-61-58-55-52-49-24-21-18-15-12-9-6-3)81-75(78)69-66-63-60-57-54-51-48-46-44-42-40-38-36-34-32-30-28-26-23-20-17-14-11-8-5-2/h7,10,12,15-16,19,21,24-25,27,30-33,37,39,72H,4-6,8-9,11,13-14,17-18,20,22-23,26,28-29,34-36,38,40-71H2,1-3H3/b10-7-,15-12-,19-16-,24-21-,27-25-,32-30-,33-31-,39-37-. The highest BCUT2D eigenvalue weighted by Crippen LogP contribution is 2.17. The number of ether oxygens (including phenoxy) is 3. The molecule has 466 valence electrons. The van der Waals surface area contributed by atoms with Gasteiger partial charge in [-0.25, -0.2) is 0 Å². The van der Waals surface area contributed by atoms with Crippen molar-refractivity contribution in [2.24, 2.45) is 0 Å². The van der Waals surface area contributed by atoms with Crippen LogP contribution in [0.25, 0.3) is 0 Å². The van der Waals surface area contributed by atoms with E-state index in [0.29, 0.717) is 19.3 Å². The van der Waals surface area contributed by atoms with Crippen molar-refractivity contribution in [2.75, 3.05) is 13.2 Å². The third-order valence-corrected chi connectivity index (χ3v) is 15.0. The van der Waals surface area contributed by atoms with E-state index in [2.05, 4.69) is 118 Å². The Morgan fingerprint density at radius 2 is 0.506 bits per heavy atom. The zero-order valence-electron chi connectivity index (χ0n) is 53.5. The first kappa shape index (κ1) is 77.3. The predicted octanol–water partition coefficient (Wildman–Crippen LogP) is 24.0. The molecule has 0 fully saturated rings. The Morgan fingerprint density at radius 1 is 0.259 bits per heavy atom. The van der Waals surface area contributed by atoms with Crippen LogP contribution in [0.4, 0.5) is 0 Å². The number of unbranched alkanes of at least 4 members (excludes halogenated alkanes) is 36. The van der Waals surface area contributed by atoms with Gasteiger partial charge in [0.25, 0.3) is 0 Å². The van der Waals surface area contributed by atoms with E-state index in [1.807, 2.05) is 0 Å². The van der Waals surface area contributed by atoms with E-state index in [4.69, 9.17) is 14.2 Å². The van der Waals surface area contributed by atoms with Gasteiger partial charge in [-0.3, -0.25) is 14.4 Å². The van der Waals surface area contributed by atoms with E-state index in [9.17, 15) is 14.4 Å². The van der Waals surface area contributed by atoms with Crippen molar-refractivity contribution in [2.45, 2.75) is 348 Å². The molecular weight excluding hydrogens is 997 g/mol. The van der Waals surface area contributed by atoms with Crippen molar-refractivity contribution in [1.82, 2.24) is 0 Å². The van der Waals surface area contributed by atoms with Crippen LogP contribution in [-0.2, 0) is 28.6 Å². The highest BCUT2D eigenvalue weighted by molar-refractivity contribution is 5.71. The van der Waals surface area contributed by atoms with Crippen LogP contribution in [0.3, 0.4) is 0 Å². The lowest BCUT2D eigenvalue weighted by atomic mass is 10.0. The molecule has 1 unspecified atom stereocenters. The van der Waals surface area contributed by atoms with Gasteiger partial charge < -0.3 is 14.2 Å². The lowest BCUT2D eigenvalue weighted by Crippen LogP contribution is -2.30. The molecule has 1 atom stereocenters. The number of allylic oxidation sites excluding steroid dienone is 16. The molecule has 0 aromatic rings. The van der Waals surface area contributed by atoms with Crippen LogP contribution in [0.5, 0.6) is 0 Å². The molecule has 0 amide bonds. The molecule has 0 rings (SSSR count). The van der Waals surface area contributed by atoms with Gasteiger partial charge >= 0.3 is 17.9 Å². The summed E-state index contributed by atoms with van der Waals surface area (Å²) in [4.78, 5) is 38.4. The summed E-state index contributed by atoms with van der Waals surface area (Å²) in [6.45, 7) is 6.48. The van der Waals surface area contributed by atoms with Gasteiger partial charge in [-0.1, -0.05) is 304 Å². The summed E-state index contributed by atoms with van der Waals surface area (Å²) in [5.74, 6) is -0.890. The predicted molar refractivity (Wildman–Crippen MR) is 353 cm³/mol. The van der Waals surface area contributed by atoms with E-state index in [0.717, 1.165) is 128 Å². The minimum atomic E-state index is -0.788. The summed E-state index contributed by atoms with van der Waals surface area (Å²) in [6, 6.07) is 0. The fourth-order valence-electron chi connectivity index (χ4n) is 9.86. The molecule has 6 heteroatoms. The average Bonchev–Trinajstić information content (AvgIpc) is 3.46.